The molecule has 0 aromatic heterocycles. The molecule has 0 radical (unpaired) electrons. The molecule has 1 nitrogen and oxygen atoms in total. The molecule has 2 heteroatoms. The number of hydrogen-bond donors (Lipinski definition) is 0. The molecular formula is C50H46FN. The van der Waals surface area contributed by atoms with Gasteiger partial charge >= 0.3 is 0 Å². The van der Waals surface area contributed by atoms with Crippen LogP contribution in [0.1, 0.15) is 60.6 Å². The molecule has 3 aliphatic carbocycles. The molecule has 0 spiro atoms. The number of rotatable bonds is 10. The van der Waals surface area contributed by atoms with Crippen molar-refractivity contribution >= 4 is 22.5 Å². The lowest BCUT2D eigenvalue weighted by Crippen LogP contribution is -2.33. The lowest BCUT2D eigenvalue weighted by Gasteiger charge is -2.39. The minimum Gasteiger partial charge on any atom is -0.337 e. The number of aryl methyl sites for hydroxylation is 2. The zero-order valence-electron chi connectivity index (χ0n) is 30.8. The summed E-state index contributed by atoms with van der Waals surface area (Å²) >= 11 is 0. The number of benzene rings is 4. The van der Waals surface area contributed by atoms with Crippen LogP contribution in [0.15, 0.2) is 163 Å². The Morgan fingerprint density at radius 1 is 0.923 bits per heavy atom. The van der Waals surface area contributed by atoms with E-state index in [1.165, 1.54) is 55.7 Å². The van der Waals surface area contributed by atoms with Crippen LogP contribution < -0.4 is 4.90 Å². The molecule has 7 rings (SSSR count). The molecule has 0 heterocycles. The number of terminal acetylenes is 1. The van der Waals surface area contributed by atoms with Crippen molar-refractivity contribution in [3.8, 4) is 12.3 Å². The summed E-state index contributed by atoms with van der Waals surface area (Å²) in [4.78, 5) is 2.45. The van der Waals surface area contributed by atoms with Gasteiger partial charge in [-0.05, 0) is 121 Å². The van der Waals surface area contributed by atoms with E-state index >= 15 is 0 Å². The highest BCUT2D eigenvalue weighted by Crippen LogP contribution is 2.67. The third-order valence-electron chi connectivity index (χ3n) is 11.2. The van der Waals surface area contributed by atoms with Crippen molar-refractivity contribution < 1.29 is 4.39 Å². The Hall–Kier alpha value is -5.65. The number of hydrogen-bond acceptors (Lipinski definition) is 1. The first kappa shape index (κ1) is 34.8. The molecule has 52 heavy (non-hydrogen) atoms. The van der Waals surface area contributed by atoms with Gasteiger partial charge in [0, 0.05) is 34.8 Å². The molecule has 4 aromatic carbocycles. The number of allylic oxidation sites excluding steroid dienone is 11. The van der Waals surface area contributed by atoms with Crippen molar-refractivity contribution in [2.45, 2.75) is 52.5 Å². The van der Waals surface area contributed by atoms with Gasteiger partial charge in [0.1, 0.15) is 5.82 Å². The standard InChI is InChI=1S/C50H46FN/c1-8-12-15-37(11-4)38-22-26-40(27-23-38)52(41-28-24-39(51)25-29-41)49-44-31-30-43-42-16-13-14-17-45(42)50(48(43)47(44)49,35(7)20-21-36(9-2)10-3)46-32-33(5)18-19-34(46)6/h2,8,10,12-32,44,47,49H,3,11H2,1,4-7H3/b12-8-,35-20+,36-21+,37-15+/t44-,47?,49?,50?/m1/s1. The lowest BCUT2D eigenvalue weighted by atomic mass is 9.63. The molecule has 0 aliphatic heterocycles. The van der Waals surface area contributed by atoms with Gasteiger partial charge in [-0.2, -0.15) is 0 Å². The zero-order chi connectivity index (χ0) is 36.6. The third-order valence-corrected chi connectivity index (χ3v) is 11.2. The van der Waals surface area contributed by atoms with E-state index < -0.39 is 5.41 Å². The van der Waals surface area contributed by atoms with Crippen LogP contribution >= 0.6 is 0 Å². The van der Waals surface area contributed by atoms with Crippen LogP contribution in [0.2, 0.25) is 0 Å². The van der Waals surface area contributed by atoms with E-state index in [4.69, 9.17) is 6.42 Å². The summed E-state index contributed by atoms with van der Waals surface area (Å²) in [5.74, 6) is 3.02. The Balaban J connectivity index is 1.44. The summed E-state index contributed by atoms with van der Waals surface area (Å²) in [7, 11) is 0. The predicted octanol–water partition coefficient (Wildman–Crippen LogP) is 12.6. The predicted molar refractivity (Wildman–Crippen MR) is 219 cm³/mol. The maximum atomic E-state index is 14.4. The first-order valence-corrected chi connectivity index (χ1v) is 18.3. The normalized spacial score (nSPS) is 22.2. The number of nitrogens with zero attached hydrogens (tertiary/aromatic N) is 1. The molecule has 0 saturated heterocycles. The van der Waals surface area contributed by atoms with Crippen molar-refractivity contribution in [2.75, 3.05) is 4.90 Å². The largest absolute Gasteiger partial charge is 0.337 e. The van der Waals surface area contributed by atoms with Crippen molar-refractivity contribution in [1.29, 1.82) is 0 Å². The summed E-state index contributed by atoms with van der Waals surface area (Å²) in [5, 5.41) is 0. The first-order chi connectivity index (χ1) is 25.3. The molecule has 258 valence electrons. The van der Waals surface area contributed by atoms with E-state index in [2.05, 4.69) is 148 Å². The summed E-state index contributed by atoms with van der Waals surface area (Å²) in [6.45, 7) is 14.9. The van der Waals surface area contributed by atoms with E-state index in [0.717, 1.165) is 23.4 Å². The van der Waals surface area contributed by atoms with Gasteiger partial charge in [0.25, 0.3) is 0 Å². The number of halogens is 1. The van der Waals surface area contributed by atoms with Crippen LogP contribution in [0.5, 0.6) is 0 Å². The van der Waals surface area contributed by atoms with Crippen molar-refractivity contribution in [3.05, 3.63) is 202 Å². The average Bonchev–Trinajstić information content (AvgIpc) is 3.80. The van der Waals surface area contributed by atoms with Crippen LogP contribution in [-0.2, 0) is 5.41 Å². The SMILES string of the molecule is C#C/C(C=C)=C\C=C(/C)C1(c2cc(C)ccc2C)C2=C(C=C[C@@H]3C2C3N(c2ccc(F)cc2)c2ccc(/C(=C/C=C\C)CC)cc2)c2ccccc21. The van der Waals surface area contributed by atoms with Gasteiger partial charge in [-0.3, -0.25) is 0 Å². The second kappa shape index (κ2) is 14.2. The molecule has 0 N–H and O–H groups in total. The van der Waals surface area contributed by atoms with Crippen molar-refractivity contribution in [3.63, 3.8) is 0 Å². The van der Waals surface area contributed by atoms with Crippen LogP contribution in [0.3, 0.4) is 0 Å². The van der Waals surface area contributed by atoms with Gasteiger partial charge in [0.05, 0.1) is 5.41 Å². The van der Waals surface area contributed by atoms with Crippen molar-refractivity contribution in [1.82, 2.24) is 0 Å². The van der Waals surface area contributed by atoms with E-state index in [-0.39, 0.29) is 23.7 Å². The molecule has 3 aliphatic rings. The fourth-order valence-corrected chi connectivity index (χ4v) is 8.74. The number of fused-ring (bicyclic) bond motifs is 4. The fraction of sp³-hybridized carbons (Fsp3) is 0.200. The van der Waals surface area contributed by atoms with Crippen molar-refractivity contribution in [2.24, 2.45) is 11.8 Å². The molecule has 0 amide bonds. The topological polar surface area (TPSA) is 3.24 Å². The molecule has 4 atom stereocenters. The van der Waals surface area contributed by atoms with Gasteiger partial charge in [-0.1, -0.05) is 128 Å². The van der Waals surface area contributed by atoms with Crippen LogP contribution in [-0.4, -0.2) is 6.04 Å². The second-order valence-corrected chi connectivity index (χ2v) is 14.2. The number of anilines is 2. The molecule has 1 fully saturated rings. The summed E-state index contributed by atoms with van der Waals surface area (Å²) in [6, 6.07) is 31.8. The van der Waals surface area contributed by atoms with Crippen LogP contribution in [0.4, 0.5) is 15.8 Å². The van der Waals surface area contributed by atoms with Crippen LogP contribution in [0.25, 0.3) is 11.1 Å². The minimum absolute atomic E-state index is 0.126. The molecule has 4 aromatic rings. The van der Waals surface area contributed by atoms with E-state index in [1.807, 2.05) is 25.1 Å². The Morgan fingerprint density at radius 2 is 1.63 bits per heavy atom. The Kier molecular flexibility index (Phi) is 9.48. The average molecular weight is 680 g/mol. The Morgan fingerprint density at radius 3 is 2.31 bits per heavy atom. The Bertz CT molecular complexity index is 2260. The van der Waals surface area contributed by atoms with E-state index in [1.54, 1.807) is 18.2 Å². The molecule has 3 unspecified atom stereocenters. The summed E-state index contributed by atoms with van der Waals surface area (Å²) < 4.78 is 14.4. The highest BCUT2D eigenvalue weighted by atomic mass is 19.1. The third kappa shape index (κ3) is 5.75. The maximum absolute atomic E-state index is 14.4. The van der Waals surface area contributed by atoms with Gasteiger partial charge in [0.15, 0.2) is 0 Å². The van der Waals surface area contributed by atoms with Crippen LogP contribution in [0, 0.1) is 43.8 Å². The quantitative estimate of drug-likeness (QED) is 0.119. The fourth-order valence-electron chi connectivity index (χ4n) is 8.74. The molecule has 1 saturated carbocycles. The van der Waals surface area contributed by atoms with Gasteiger partial charge < -0.3 is 4.90 Å². The first-order valence-electron chi connectivity index (χ1n) is 18.3. The monoisotopic (exact) mass is 679 g/mol. The van der Waals surface area contributed by atoms with Gasteiger partial charge in [-0.15, -0.1) is 6.42 Å². The second-order valence-electron chi connectivity index (χ2n) is 14.2. The lowest BCUT2D eigenvalue weighted by molar-refractivity contribution is 0.627. The van der Waals surface area contributed by atoms with Gasteiger partial charge in [-0.25, -0.2) is 4.39 Å². The zero-order valence-corrected chi connectivity index (χ0v) is 30.8. The van der Waals surface area contributed by atoms with Gasteiger partial charge in [0.2, 0.25) is 0 Å². The summed E-state index contributed by atoms with van der Waals surface area (Å²) in [5.41, 5.74) is 15.1. The highest BCUT2D eigenvalue weighted by molar-refractivity contribution is 5.93. The minimum atomic E-state index is -0.520. The van der Waals surface area contributed by atoms with E-state index in [9.17, 15) is 4.39 Å². The highest BCUT2D eigenvalue weighted by Gasteiger charge is 2.63. The van der Waals surface area contributed by atoms with E-state index in [0.29, 0.717) is 0 Å². The maximum Gasteiger partial charge on any atom is 0.123 e. The summed E-state index contributed by atoms with van der Waals surface area (Å²) in [6.07, 6.45) is 23.9. The molecule has 0 bridgehead atoms. The molecular weight excluding hydrogens is 634 g/mol. The Labute approximate surface area is 309 Å². The smallest absolute Gasteiger partial charge is 0.123 e.